The number of hydrogen-bond acceptors (Lipinski definition) is 2. The number of amides is 2. The molecule has 1 fully saturated rings. The van der Waals surface area contributed by atoms with Gasteiger partial charge in [-0.3, -0.25) is 0 Å². The fraction of sp³-hybridized carbons (Fsp3) is 0.900. The van der Waals surface area contributed by atoms with Crippen molar-refractivity contribution in [3.63, 3.8) is 0 Å². The van der Waals surface area contributed by atoms with E-state index in [1.165, 1.54) is 0 Å². The third-order valence-corrected chi connectivity index (χ3v) is 3.45. The first-order valence-corrected chi connectivity index (χ1v) is 5.07. The highest BCUT2D eigenvalue weighted by Gasteiger charge is 2.55. The molecule has 0 aromatic carbocycles. The third-order valence-electron chi connectivity index (χ3n) is 3.45. The van der Waals surface area contributed by atoms with Gasteiger partial charge in [-0.2, -0.15) is 0 Å². The summed E-state index contributed by atoms with van der Waals surface area (Å²) in [6, 6.07) is -0.232. The maximum atomic E-state index is 11.6. The first-order valence-electron chi connectivity index (χ1n) is 5.07. The average molecular weight is 201 g/mol. The molecule has 4 heteroatoms. The van der Waals surface area contributed by atoms with Crippen molar-refractivity contribution < 1.29 is 14.4 Å². The van der Waals surface area contributed by atoms with Crippen molar-refractivity contribution in [2.45, 2.75) is 51.8 Å². The summed E-state index contributed by atoms with van der Waals surface area (Å²) in [7, 11) is 0. The maximum absolute atomic E-state index is 11.6. The highest BCUT2D eigenvalue weighted by molar-refractivity contribution is 5.65. The second-order valence-corrected chi connectivity index (χ2v) is 5.30. The molecule has 4 nitrogen and oxygen atoms in total. The van der Waals surface area contributed by atoms with Crippen LogP contribution in [0.4, 0.5) is 4.79 Å². The lowest BCUT2D eigenvalue weighted by Gasteiger charge is -2.44. The Balaban J connectivity index is 3.12. The van der Waals surface area contributed by atoms with E-state index in [4.69, 9.17) is 5.73 Å². The van der Waals surface area contributed by atoms with Crippen LogP contribution in [0.2, 0.25) is 0 Å². The van der Waals surface area contributed by atoms with Gasteiger partial charge < -0.3 is 10.8 Å². The Kier molecular flexibility index (Phi) is 2.63. The van der Waals surface area contributed by atoms with Gasteiger partial charge in [0.25, 0.3) is 0 Å². The molecular formula is C10H21N2O2+. The Morgan fingerprint density at radius 2 is 2.00 bits per heavy atom. The minimum Gasteiger partial charge on any atom is -0.387 e. The number of rotatable bonds is 0. The molecule has 82 valence electrons. The van der Waals surface area contributed by atoms with E-state index in [1.54, 1.807) is 0 Å². The number of carbonyl (C=O) groups is 1. The van der Waals surface area contributed by atoms with Crippen LogP contribution in [-0.2, 0) is 0 Å². The zero-order valence-corrected chi connectivity index (χ0v) is 9.45. The van der Waals surface area contributed by atoms with Crippen molar-refractivity contribution in [2.24, 2.45) is 5.73 Å². The molecular weight excluding hydrogens is 180 g/mol. The number of quaternary nitrogens is 1. The molecule has 3 N–H and O–H groups in total. The van der Waals surface area contributed by atoms with E-state index in [1.807, 2.05) is 27.7 Å². The quantitative estimate of drug-likeness (QED) is 0.570. The van der Waals surface area contributed by atoms with Gasteiger partial charge in [0.05, 0.1) is 11.6 Å². The molecule has 2 unspecified atom stereocenters. The first kappa shape index (κ1) is 11.5. The first-order chi connectivity index (χ1) is 6.22. The van der Waals surface area contributed by atoms with Gasteiger partial charge in [-0.1, -0.05) is 0 Å². The summed E-state index contributed by atoms with van der Waals surface area (Å²) in [6.45, 7) is 8.40. The molecule has 14 heavy (non-hydrogen) atoms. The number of hydrogen-bond donors (Lipinski definition) is 2. The summed E-state index contributed by atoms with van der Waals surface area (Å²) >= 11 is 0. The van der Waals surface area contributed by atoms with Gasteiger partial charge in [0.2, 0.25) is 0 Å². The van der Waals surface area contributed by atoms with Crippen molar-refractivity contribution in [3.05, 3.63) is 0 Å². The van der Waals surface area contributed by atoms with Crippen LogP contribution in [0.1, 0.15) is 34.1 Å². The van der Waals surface area contributed by atoms with Crippen molar-refractivity contribution in [2.75, 3.05) is 6.54 Å². The number of urea groups is 1. The number of nitrogens with zero attached hydrogens (tertiary/aromatic N) is 1. The second kappa shape index (κ2) is 3.21. The van der Waals surface area contributed by atoms with Gasteiger partial charge in [-0.25, -0.2) is 9.28 Å². The van der Waals surface area contributed by atoms with E-state index in [0.717, 1.165) is 0 Å². The Morgan fingerprint density at radius 1 is 1.50 bits per heavy atom. The van der Waals surface area contributed by atoms with Gasteiger partial charge in [-0.05, 0) is 27.7 Å². The Morgan fingerprint density at radius 3 is 2.14 bits per heavy atom. The number of aliphatic hydroxyl groups excluding tert-OH is 1. The smallest absolute Gasteiger partial charge is 0.387 e. The van der Waals surface area contributed by atoms with Gasteiger partial charge in [-0.15, -0.1) is 0 Å². The van der Waals surface area contributed by atoms with Gasteiger partial charge in [0.1, 0.15) is 12.6 Å². The lowest BCUT2D eigenvalue weighted by atomic mass is 10.0. The average Bonchev–Trinajstić information content (AvgIpc) is 2.24. The van der Waals surface area contributed by atoms with Crippen LogP contribution in [0, 0.1) is 0 Å². The van der Waals surface area contributed by atoms with Crippen LogP contribution >= 0.6 is 0 Å². The molecule has 2 amide bonds. The zero-order valence-electron chi connectivity index (χ0n) is 9.45. The molecule has 0 aromatic heterocycles. The van der Waals surface area contributed by atoms with E-state index >= 15 is 0 Å². The maximum Gasteiger partial charge on any atom is 0.414 e. The lowest BCUT2D eigenvalue weighted by molar-refractivity contribution is -0.906. The highest BCUT2D eigenvalue weighted by Crippen LogP contribution is 2.36. The topological polar surface area (TPSA) is 63.3 Å². The molecule has 3 atom stereocenters. The van der Waals surface area contributed by atoms with Crippen LogP contribution in [0.3, 0.4) is 0 Å². The molecule has 0 aliphatic carbocycles. The summed E-state index contributed by atoms with van der Waals surface area (Å²) in [4.78, 5) is 11.6. The summed E-state index contributed by atoms with van der Waals surface area (Å²) in [5.74, 6) is 0. The van der Waals surface area contributed by atoms with Crippen molar-refractivity contribution in [1.82, 2.24) is 0 Å². The number of nitrogens with two attached hydrogens (primary N) is 1. The summed E-state index contributed by atoms with van der Waals surface area (Å²) in [6.07, 6.45) is 0.247. The van der Waals surface area contributed by atoms with Crippen LogP contribution in [0.25, 0.3) is 0 Å². The fourth-order valence-electron chi connectivity index (χ4n) is 2.73. The lowest BCUT2D eigenvalue weighted by Crippen LogP contribution is -2.67. The van der Waals surface area contributed by atoms with Crippen LogP contribution in [-0.4, -0.2) is 39.9 Å². The standard InChI is InChI=1S/C10H20N2O2/c1-7-5-8(13)6-12(7,9(11)14)10(2,3)4/h7-8,13H,5-6H2,1-4H3,(H-,11,14)/p+1/t7?,8-,12?/m0/s1. The van der Waals surface area contributed by atoms with E-state index in [2.05, 4.69) is 0 Å². The highest BCUT2D eigenvalue weighted by atomic mass is 16.3. The fourth-order valence-corrected chi connectivity index (χ4v) is 2.73. The molecule has 1 aliphatic rings. The molecule has 1 heterocycles. The van der Waals surface area contributed by atoms with E-state index in [9.17, 15) is 9.90 Å². The third kappa shape index (κ3) is 1.42. The normalized spacial score (nSPS) is 38.6. The van der Waals surface area contributed by atoms with Crippen LogP contribution < -0.4 is 5.73 Å². The molecule has 0 aromatic rings. The Bertz CT molecular complexity index is 247. The predicted molar refractivity (Wildman–Crippen MR) is 54.5 cm³/mol. The van der Waals surface area contributed by atoms with Crippen molar-refractivity contribution >= 4 is 6.03 Å². The van der Waals surface area contributed by atoms with E-state index in [-0.39, 0.29) is 22.1 Å². The molecule has 0 spiro atoms. The molecule has 0 radical (unpaired) electrons. The Labute approximate surface area is 85.3 Å². The zero-order chi connectivity index (χ0) is 11.1. The van der Waals surface area contributed by atoms with Crippen LogP contribution in [0.15, 0.2) is 0 Å². The SMILES string of the molecule is CC1C[C@H](O)C[N+]1(C(N)=O)C(C)(C)C. The largest absolute Gasteiger partial charge is 0.414 e. The number of likely N-dealkylation sites (tertiary alicyclic amines) is 1. The number of carbonyl (C=O) groups excluding carboxylic acids is 1. The number of aliphatic hydroxyl groups is 1. The van der Waals surface area contributed by atoms with Gasteiger partial charge in [0, 0.05) is 6.42 Å². The molecule has 1 aliphatic heterocycles. The second-order valence-electron chi connectivity index (χ2n) is 5.30. The Hall–Kier alpha value is -0.610. The van der Waals surface area contributed by atoms with Crippen LogP contribution in [0.5, 0.6) is 0 Å². The van der Waals surface area contributed by atoms with Gasteiger partial charge >= 0.3 is 6.03 Å². The predicted octanol–water partition coefficient (Wildman–Crippen LogP) is 0.834. The summed E-state index contributed by atoms with van der Waals surface area (Å²) < 4.78 is 0.189. The monoisotopic (exact) mass is 201 g/mol. The van der Waals surface area contributed by atoms with E-state index in [0.29, 0.717) is 13.0 Å². The minimum atomic E-state index is -0.406. The molecule has 1 saturated heterocycles. The number of primary amides is 1. The molecule has 1 rings (SSSR count). The summed E-state index contributed by atoms with van der Waals surface area (Å²) in [5, 5.41) is 9.62. The summed E-state index contributed by atoms with van der Waals surface area (Å²) in [5.41, 5.74) is 5.25. The van der Waals surface area contributed by atoms with Crippen molar-refractivity contribution in [1.29, 1.82) is 0 Å². The van der Waals surface area contributed by atoms with Gasteiger partial charge in [0.15, 0.2) is 0 Å². The molecule has 0 saturated carbocycles. The van der Waals surface area contributed by atoms with E-state index < -0.39 is 6.10 Å². The molecule has 0 bridgehead atoms. The van der Waals surface area contributed by atoms with Crippen molar-refractivity contribution in [3.8, 4) is 0 Å². The minimum absolute atomic E-state index is 0.0995.